The van der Waals surface area contributed by atoms with Crippen molar-refractivity contribution >= 4 is 5.97 Å². The summed E-state index contributed by atoms with van der Waals surface area (Å²) < 4.78 is 1.77. The van der Waals surface area contributed by atoms with Crippen LogP contribution in [0.4, 0.5) is 0 Å². The molecule has 0 atom stereocenters. The van der Waals surface area contributed by atoms with Gasteiger partial charge in [-0.05, 0) is 6.92 Å². The predicted molar refractivity (Wildman–Crippen MR) is 63.0 cm³/mol. The Kier molecular flexibility index (Phi) is 3.75. The summed E-state index contributed by atoms with van der Waals surface area (Å²) in [6.45, 7) is 7.25. The molecule has 0 unspecified atom stereocenters. The van der Waals surface area contributed by atoms with Gasteiger partial charge in [0, 0.05) is 32.7 Å². The van der Waals surface area contributed by atoms with Crippen molar-refractivity contribution in [3.63, 3.8) is 0 Å². The summed E-state index contributed by atoms with van der Waals surface area (Å²) in [5.41, 5.74) is 0.276. The number of aromatic carboxylic acids is 1. The topological polar surface area (TPSA) is 70.4 Å². The van der Waals surface area contributed by atoms with Gasteiger partial charge in [0.1, 0.15) is 11.5 Å². The second kappa shape index (κ2) is 5.29. The van der Waals surface area contributed by atoms with Crippen molar-refractivity contribution < 1.29 is 9.90 Å². The van der Waals surface area contributed by atoms with E-state index in [-0.39, 0.29) is 5.69 Å². The van der Waals surface area contributed by atoms with Gasteiger partial charge in [0.25, 0.3) is 0 Å². The van der Waals surface area contributed by atoms with Crippen LogP contribution in [0.3, 0.4) is 0 Å². The lowest BCUT2D eigenvalue weighted by atomic mass is 10.3. The Bertz CT molecular complexity index is 396. The van der Waals surface area contributed by atoms with E-state index in [0.717, 1.165) is 38.5 Å². The van der Waals surface area contributed by atoms with E-state index in [9.17, 15) is 4.79 Å². The Morgan fingerprint density at radius 1 is 1.53 bits per heavy atom. The van der Waals surface area contributed by atoms with Crippen LogP contribution >= 0.6 is 0 Å². The molecule has 2 rings (SSSR count). The van der Waals surface area contributed by atoms with Crippen LogP contribution in [0.15, 0.2) is 6.20 Å². The van der Waals surface area contributed by atoms with Crippen LogP contribution in [0.1, 0.15) is 23.2 Å². The number of aromatic nitrogens is 2. The number of carboxylic acids is 1. The molecular weight excluding hydrogens is 220 g/mol. The fourth-order valence-corrected chi connectivity index (χ4v) is 2.13. The van der Waals surface area contributed by atoms with Crippen LogP contribution in [0.2, 0.25) is 0 Å². The number of carboxylic acid groups (broad SMARTS) is 1. The van der Waals surface area contributed by atoms with E-state index < -0.39 is 5.97 Å². The summed E-state index contributed by atoms with van der Waals surface area (Å²) in [5, 5.41) is 12.3. The molecule has 0 spiro atoms. The molecule has 6 heteroatoms. The van der Waals surface area contributed by atoms with E-state index >= 15 is 0 Å². The van der Waals surface area contributed by atoms with Crippen molar-refractivity contribution in [2.75, 3.05) is 26.2 Å². The highest BCUT2D eigenvalue weighted by Crippen LogP contribution is 2.09. The third kappa shape index (κ3) is 2.65. The van der Waals surface area contributed by atoms with E-state index in [1.54, 1.807) is 4.57 Å². The first-order valence-corrected chi connectivity index (χ1v) is 5.93. The SMILES string of the molecule is CCn1c(C(=O)O)cnc1CN1CCNCC1. The number of piperazine rings is 1. The van der Waals surface area contributed by atoms with Gasteiger partial charge in [0.05, 0.1) is 12.7 Å². The quantitative estimate of drug-likeness (QED) is 0.773. The van der Waals surface area contributed by atoms with Gasteiger partial charge in [-0.1, -0.05) is 0 Å². The summed E-state index contributed by atoms with van der Waals surface area (Å²) in [4.78, 5) is 17.5. The van der Waals surface area contributed by atoms with Gasteiger partial charge in [-0.3, -0.25) is 4.90 Å². The molecule has 1 aliphatic rings. The van der Waals surface area contributed by atoms with E-state index in [1.165, 1.54) is 6.20 Å². The predicted octanol–water partition coefficient (Wildman–Crippen LogP) is 0.00640. The van der Waals surface area contributed by atoms with Crippen LogP contribution in [0.25, 0.3) is 0 Å². The lowest BCUT2D eigenvalue weighted by molar-refractivity contribution is 0.0684. The van der Waals surface area contributed by atoms with Crippen molar-refractivity contribution in [3.05, 3.63) is 17.7 Å². The summed E-state index contributed by atoms with van der Waals surface area (Å²) in [6.07, 6.45) is 1.45. The summed E-state index contributed by atoms with van der Waals surface area (Å²) >= 11 is 0. The third-order valence-corrected chi connectivity index (χ3v) is 3.05. The molecule has 0 amide bonds. The third-order valence-electron chi connectivity index (χ3n) is 3.05. The molecule has 1 aromatic rings. The lowest BCUT2D eigenvalue weighted by Crippen LogP contribution is -2.43. The van der Waals surface area contributed by atoms with E-state index in [1.807, 2.05) is 6.92 Å². The molecule has 1 aliphatic heterocycles. The first kappa shape index (κ1) is 12.1. The molecule has 0 radical (unpaired) electrons. The minimum absolute atomic E-state index is 0.276. The first-order valence-electron chi connectivity index (χ1n) is 5.93. The fourth-order valence-electron chi connectivity index (χ4n) is 2.13. The van der Waals surface area contributed by atoms with Gasteiger partial charge < -0.3 is 15.0 Å². The van der Waals surface area contributed by atoms with Crippen LogP contribution in [0, 0.1) is 0 Å². The van der Waals surface area contributed by atoms with Crippen LogP contribution < -0.4 is 5.32 Å². The minimum Gasteiger partial charge on any atom is -0.477 e. The Balaban J connectivity index is 2.12. The maximum Gasteiger partial charge on any atom is 0.354 e. The van der Waals surface area contributed by atoms with Gasteiger partial charge in [-0.25, -0.2) is 9.78 Å². The molecule has 0 aromatic carbocycles. The number of rotatable bonds is 4. The molecule has 94 valence electrons. The molecule has 0 saturated carbocycles. The molecule has 0 aliphatic carbocycles. The van der Waals surface area contributed by atoms with Crippen molar-refractivity contribution in [1.29, 1.82) is 0 Å². The van der Waals surface area contributed by atoms with E-state index in [2.05, 4.69) is 15.2 Å². The van der Waals surface area contributed by atoms with Crippen molar-refractivity contribution in [1.82, 2.24) is 19.8 Å². The zero-order valence-corrected chi connectivity index (χ0v) is 10.0. The summed E-state index contributed by atoms with van der Waals surface area (Å²) in [7, 11) is 0. The monoisotopic (exact) mass is 238 g/mol. The summed E-state index contributed by atoms with van der Waals surface area (Å²) in [6, 6.07) is 0. The largest absolute Gasteiger partial charge is 0.477 e. The number of carbonyl (C=O) groups is 1. The van der Waals surface area contributed by atoms with Crippen LogP contribution in [-0.4, -0.2) is 51.7 Å². The molecule has 1 saturated heterocycles. The van der Waals surface area contributed by atoms with Crippen LogP contribution in [0.5, 0.6) is 0 Å². The van der Waals surface area contributed by atoms with Gasteiger partial charge in [0.15, 0.2) is 0 Å². The zero-order valence-electron chi connectivity index (χ0n) is 10.0. The number of imidazole rings is 1. The molecule has 2 N–H and O–H groups in total. The number of nitrogens with zero attached hydrogens (tertiary/aromatic N) is 3. The molecule has 17 heavy (non-hydrogen) atoms. The molecule has 1 aromatic heterocycles. The Hall–Kier alpha value is -1.40. The average molecular weight is 238 g/mol. The molecule has 1 fully saturated rings. The second-order valence-corrected chi connectivity index (χ2v) is 4.14. The summed E-state index contributed by atoms with van der Waals surface area (Å²) in [5.74, 6) is -0.0716. The normalized spacial score (nSPS) is 17.2. The highest BCUT2D eigenvalue weighted by molar-refractivity contribution is 5.85. The highest BCUT2D eigenvalue weighted by atomic mass is 16.4. The number of nitrogens with one attached hydrogen (secondary N) is 1. The first-order chi connectivity index (χ1) is 8.22. The van der Waals surface area contributed by atoms with Crippen LogP contribution in [-0.2, 0) is 13.1 Å². The maximum atomic E-state index is 11.0. The Morgan fingerprint density at radius 3 is 2.82 bits per heavy atom. The maximum absolute atomic E-state index is 11.0. The molecule has 0 bridgehead atoms. The fraction of sp³-hybridized carbons (Fsp3) is 0.636. The lowest BCUT2D eigenvalue weighted by Gasteiger charge is -2.26. The standard InChI is InChI=1S/C11H18N4O2/c1-2-15-9(11(16)17)7-13-10(15)8-14-5-3-12-4-6-14/h7,12H,2-6,8H2,1H3,(H,16,17). The number of hydrogen-bond donors (Lipinski definition) is 2. The highest BCUT2D eigenvalue weighted by Gasteiger charge is 2.17. The Morgan fingerprint density at radius 2 is 2.24 bits per heavy atom. The van der Waals surface area contributed by atoms with Gasteiger partial charge in [0.2, 0.25) is 0 Å². The molecule has 2 heterocycles. The van der Waals surface area contributed by atoms with Crippen molar-refractivity contribution in [3.8, 4) is 0 Å². The second-order valence-electron chi connectivity index (χ2n) is 4.14. The van der Waals surface area contributed by atoms with Crippen molar-refractivity contribution in [2.24, 2.45) is 0 Å². The van der Waals surface area contributed by atoms with E-state index in [4.69, 9.17) is 5.11 Å². The van der Waals surface area contributed by atoms with Gasteiger partial charge >= 0.3 is 5.97 Å². The molecule has 6 nitrogen and oxygen atoms in total. The smallest absolute Gasteiger partial charge is 0.354 e. The Labute approximate surface area is 100 Å². The average Bonchev–Trinajstić information content (AvgIpc) is 2.73. The number of hydrogen-bond acceptors (Lipinski definition) is 4. The van der Waals surface area contributed by atoms with Gasteiger partial charge in [-0.15, -0.1) is 0 Å². The van der Waals surface area contributed by atoms with Gasteiger partial charge in [-0.2, -0.15) is 0 Å². The van der Waals surface area contributed by atoms with Crippen molar-refractivity contribution in [2.45, 2.75) is 20.0 Å². The minimum atomic E-state index is -0.911. The molecular formula is C11H18N4O2. The van der Waals surface area contributed by atoms with E-state index in [0.29, 0.717) is 6.54 Å². The zero-order chi connectivity index (χ0) is 12.3.